The summed E-state index contributed by atoms with van der Waals surface area (Å²) in [5, 5.41) is 28.4. The lowest BCUT2D eigenvalue weighted by Gasteiger charge is -2.28. The second-order valence-corrected chi connectivity index (χ2v) is 13.7. The summed E-state index contributed by atoms with van der Waals surface area (Å²) in [7, 11) is 0. The van der Waals surface area contributed by atoms with Gasteiger partial charge in [-0.05, 0) is 76.9 Å². The molecule has 292 valence electrons. The maximum Gasteiger partial charge on any atom is 0.245 e. The fourth-order valence-corrected chi connectivity index (χ4v) is 5.33. The molecule has 0 spiro atoms. The number of rotatable bonds is 11. The third kappa shape index (κ3) is 15.9. The fourth-order valence-electron chi connectivity index (χ4n) is 5.33. The highest BCUT2D eigenvalue weighted by Gasteiger charge is 2.34. The first kappa shape index (κ1) is 45.1. The number of nitrogens with two attached hydrogens (primary N) is 4. The molecule has 7 amide bonds. The molecule has 19 heteroatoms. The van der Waals surface area contributed by atoms with E-state index < -0.39 is 89.7 Å². The van der Waals surface area contributed by atoms with Crippen molar-refractivity contribution in [3.63, 3.8) is 0 Å². The molecule has 0 unspecified atom stereocenters. The van der Waals surface area contributed by atoms with E-state index in [0.29, 0.717) is 0 Å². The van der Waals surface area contributed by atoms with E-state index >= 15 is 0 Å². The topological polar surface area (TPSA) is 328 Å². The lowest BCUT2D eigenvalue weighted by molar-refractivity contribution is -0.136. The van der Waals surface area contributed by atoms with Crippen LogP contribution in [0.4, 0.5) is 0 Å². The number of aliphatic hydroxyl groups is 1. The molecule has 0 saturated carbocycles. The zero-order valence-electron chi connectivity index (χ0n) is 30.5. The molecule has 0 aromatic rings. The van der Waals surface area contributed by atoms with Gasteiger partial charge in [0.2, 0.25) is 41.4 Å². The van der Waals surface area contributed by atoms with Gasteiger partial charge in [-0.25, -0.2) is 0 Å². The molecule has 19 nitrogen and oxygen atoms in total. The average Bonchev–Trinajstić information content (AvgIpc) is 3.04. The molecule has 1 aliphatic rings. The molecule has 0 aromatic heterocycles. The van der Waals surface area contributed by atoms with Gasteiger partial charge in [0, 0.05) is 6.54 Å². The molecule has 1 saturated heterocycles. The van der Waals surface area contributed by atoms with E-state index in [0.717, 1.165) is 0 Å². The van der Waals surface area contributed by atoms with Gasteiger partial charge < -0.3 is 65.3 Å². The van der Waals surface area contributed by atoms with Crippen molar-refractivity contribution in [2.45, 2.75) is 122 Å². The number of hydrogen-bond donors (Lipinski definition) is 12. The van der Waals surface area contributed by atoms with Crippen LogP contribution in [-0.2, 0) is 33.6 Å². The van der Waals surface area contributed by atoms with E-state index in [-0.39, 0.29) is 76.5 Å². The minimum Gasteiger partial charge on any atom is -0.391 e. The van der Waals surface area contributed by atoms with Crippen molar-refractivity contribution >= 4 is 41.4 Å². The summed E-state index contributed by atoms with van der Waals surface area (Å²) in [6.45, 7) is 8.44. The second kappa shape index (κ2) is 22.8. The smallest absolute Gasteiger partial charge is 0.245 e. The van der Waals surface area contributed by atoms with Gasteiger partial charge >= 0.3 is 0 Å². The third-order valence-electron chi connectivity index (χ3n) is 8.10. The summed E-state index contributed by atoms with van der Waals surface area (Å²) in [5.41, 5.74) is 23.2. The van der Waals surface area contributed by atoms with Gasteiger partial charge in [0.15, 0.2) is 0 Å². The second-order valence-electron chi connectivity index (χ2n) is 13.7. The highest BCUT2D eigenvalue weighted by molar-refractivity contribution is 5.97. The summed E-state index contributed by atoms with van der Waals surface area (Å²) in [6.07, 6.45) is -1.17. The standard InChI is InChI=1S/C32H61N11O8/c1-16(2)14-23-30(49)40-21(7-11-34)27(46)39-22(8-12-35)29(48)43-25(18(5)44)32(51)37-13-9-19(36)26(45)38-20(6-10-33)28(47)41-24(15-17(3)4)31(50)42-23/h16-25,44H,6-15,33-36H2,1-5H3,(H,37,51)(H,38,45)(H,39,46)(H,40,49)(H,41,47)(H,42,50)(H,43,48)/t18-,19+,20+,21+,22+,23+,24-,25+/m1/s1. The maximum atomic E-state index is 13.7. The Hall–Kier alpha value is -3.91. The third-order valence-corrected chi connectivity index (χ3v) is 8.10. The van der Waals surface area contributed by atoms with Gasteiger partial charge in [-0.2, -0.15) is 0 Å². The summed E-state index contributed by atoms with van der Waals surface area (Å²) < 4.78 is 0. The van der Waals surface area contributed by atoms with Gasteiger partial charge in [-0.3, -0.25) is 33.6 Å². The molecule has 8 atom stereocenters. The first-order valence-corrected chi connectivity index (χ1v) is 17.6. The van der Waals surface area contributed by atoms with Crippen LogP contribution in [0.15, 0.2) is 0 Å². The summed E-state index contributed by atoms with van der Waals surface area (Å²) in [6, 6.07) is -8.54. The van der Waals surface area contributed by atoms with Crippen LogP contribution in [0.25, 0.3) is 0 Å². The van der Waals surface area contributed by atoms with Gasteiger partial charge in [-0.1, -0.05) is 27.7 Å². The predicted octanol–water partition coefficient (Wildman–Crippen LogP) is -4.74. The molecular weight excluding hydrogens is 666 g/mol. The van der Waals surface area contributed by atoms with Crippen molar-refractivity contribution in [2.24, 2.45) is 34.8 Å². The Balaban J connectivity index is 3.61. The van der Waals surface area contributed by atoms with Gasteiger partial charge in [0.25, 0.3) is 0 Å². The molecule has 1 rings (SSSR count). The Morgan fingerprint density at radius 3 is 1.24 bits per heavy atom. The molecule has 1 heterocycles. The highest BCUT2D eigenvalue weighted by Crippen LogP contribution is 2.11. The Labute approximate surface area is 299 Å². The van der Waals surface area contributed by atoms with E-state index in [1.165, 1.54) is 6.92 Å². The van der Waals surface area contributed by atoms with Crippen molar-refractivity contribution < 1.29 is 38.7 Å². The van der Waals surface area contributed by atoms with Crippen molar-refractivity contribution in [3.05, 3.63) is 0 Å². The first-order valence-electron chi connectivity index (χ1n) is 17.6. The molecule has 51 heavy (non-hydrogen) atoms. The molecule has 0 bridgehead atoms. The minimum atomic E-state index is -1.46. The van der Waals surface area contributed by atoms with Gasteiger partial charge in [-0.15, -0.1) is 0 Å². The fraction of sp³-hybridized carbons (Fsp3) is 0.781. The van der Waals surface area contributed by atoms with E-state index in [1.807, 2.05) is 27.7 Å². The molecule has 0 aliphatic carbocycles. The molecule has 1 fully saturated rings. The van der Waals surface area contributed by atoms with E-state index in [4.69, 9.17) is 22.9 Å². The SMILES string of the molecule is CC(C)C[C@@H]1NC(=O)[C@@H](CC(C)C)NC(=O)[C@H](CCN)NC(=O)[C@@H](N)CCNC(=O)[C@H]([C@@H](C)O)NC(=O)[C@H](CCN)NC(=O)[C@H](CCN)NC1=O. The summed E-state index contributed by atoms with van der Waals surface area (Å²) in [4.78, 5) is 93.5. The molecule has 1 aliphatic heterocycles. The van der Waals surface area contributed by atoms with Crippen LogP contribution >= 0.6 is 0 Å². The van der Waals surface area contributed by atoms with Crippen LogP contribution < -0.4 is 60.2 Å². The van der Waals surface area contributed by atoms with Crippen molar-refractivity contribution in [2.75, 3.05) is 26.2 Å². The molecule has 0 radical (unpaired) electrons. The first-order chi connectivity index (χ1) is 23.9. The number of amides is 7. The zero-order chi connectivity index (χ0) is 38.8. The van der Waals surface area contributed by atoms with E-state index in [9.17, 15) is 38.7 Å². The van der Waals surface area contributed by atoms with Crippen molar-refractivity contribution in [1.82, 2.24) is 37.2 Å². The Morgan fingerprint density at radius 2 is 0.882 bits per heavy atom. The van der Waals surface area contributed by atoms with Crippen LogP contribution in [0, 0.1) is 11.8 Å². The molecular formula is C32H61N11O8. The van der Waals surface area contributed by atoms with Crippen LogP contribution in [0.2, 0.25) is 0 Å². The number of carbonyl (C=O) groups is 7. The van der Waals surface area contributed by atoms with Gasteiger partial charge in [0.05, 0.1) is 12.1 Å². The summed E-state index contributed by atoms with van der Waals surface area (Å²) >= 11 is 0. The number of carbonyl (C=O) groups excluding carboxylic acids is 7. The Morgan fingerprint density at radius 1 is 0.549 bits per heavy atom. The normalized spacial score (nSPS) is 27.8. The minimum absolute atomic E-state index is 0.0114. The molecule has 16 N–H and O–H groups in total. The highest BCUT2D eigenvalue weighted by atomic mass is 16.3. The van der Waals surface area contributed by atoms with Crippen LogP contribution in [0.3, 0.4) is 0 Å². The van der Waals surface area contributed by atoms with Gasteiger partial charge in [0.1, 0.15) is 36.3 Å². The van der Waals surface area contributed by atoms with Crippen molar-refractivity contribution in [1.29, 1.82) is 0 Å². The van der Waals surface area contributed by atoms with Crippen LogP contribution in [-0.4, -0.2) is 121 Å². The average molecular weight is 728 g/mol. The van der Waals surface area contributed by atoms with Crippen LogP contribution in [0.5, 0.6) is 0 Å². The predicted molar refractivity (Wildman–Crippen MR) is 189 cm³/mol. The Bertz CT molecular complexity index is 1190. The van der Waals surface area contributed by atoms with E-state index in [1.54, 1.807) is 0 Å². The maximum absolute atomic E-state index is 13.7. The van der Waals surface area contributed by atoms with Crippen molar-refractivity contribution in [3.8, 4) is 0 Å². The lowest BCUT2D eigenvalue weighted by atomic mass is 9.99. The number of nitrogens with one attached hydrogen (secondary N) is 7. The van der Waals surface area contributed by atoms with Crippen LogP contribution in [0.1, 0.15) is 73.1 Å². The monoisotopic (exact) mass is 727 g/mol. The lowest BCUT2D eigenvalue weighted by Crippen LogP contribution is -2.61. The summed E-state index contributed by atoms with van der Waals surface area (Å²) in [5.74, 6) is -5.32. The zero-order valence-corrected chi connectivity index (χ0v) is 30.5. The van der Waals surface area contributed by atoms with E-state index in [2.05, 4.69) is 37.2 Å². The molecule has 0 aromatic carbocycles. The quantitative estimate of drug-likeness (QED) is 0.0955. The number of hydrogen-bond acceptors (Lipinski definition) is 12. The Kier molecular flexibility index (Phi) is 20.2. The largest absolute Gasteiger partial charge is 0.391 e. The number of aliphatic hydroxyl groups excluding tert-OH is 1.